The summed E-state index contributed by atoms with van der Waals surface area (Å²) in [7, 11) is 0. The van der Waals surface area contributed by atoms with E-state index in [1.54, 1.807) is 0 Å². The van der Waals surface area contributed by atoms with Crippen molar-refractivity contribution in [2.75, 3.05) is 47.5 Å². The Morgan fingerprint density at radius 2 is 1.97 bits per heavy atom. The number of hydrogen-bond acceptors (Lipinski definition) is 8. The van der Waals surface area contributed by atoms with Crippen LogP contribution < -0.4 is 20.4 Å². The van der Waals surface area contributed by atoms with Crippen LogP contribution in [0.15, 0.2) is 30.5 Å². The first kappa shape index (κ1) is 22.2. The Hall–Kier alpha value is -3.24. The molecule has 2 aromatic heterocycles. The molecule has 0 radical (unpaired) electrons. The maximum absolute atomic E-state index is 12.5. The van der Waals surface area contributed by atoms with Crippen molar-refractivity contribution in [1.29, 1.82) is 0 Å². The molecule has 184 valence electrons. The van der Waals surface area contributed by atoms with Crippen molar-refractivity contribution in [3.05, 3.63) is 30.5 Å². The van der Waals surface area contributed by atoms with Gasteiger partial charge < -0.3 is 25.2 Å². The highest BCUT2D eigenvalue weighted by Gasteiger charge is 2.47. The number of benzene rings is 1. The lowest BCUT2D eigenvalue weighted by molar-refractivity contribution is -0.118. The summed E-state index contributed by atoms with van der Waals surface area (Å²) in [5.74, 6) is 1.70. The van der Waals surface area contributed by atoms with Crippen molar-refractivity contribution >= 4 is 40.1 Å². The lowest BCUT2D eigenvalue weighted by atomic mass is 9.73. The third-order valence-corrected chi connectivity index (χ3v) is 8.04. The molecule has 3 aliphatic heterocycles. The Bertz CT molecular complexity index is 1250. The molecule has 3 aliphatic rings. The fraction of sp³-hybridized carbons (Fsp3) is 0.520. The third-order valence-electron chi connectivity index (χ3n) is 8.04. The van der Waals surface area contributed by atoms with Gasteiger partial charge in [-0.2, -0.15) is 5.10 Å². The smallest absolute Gasteiger partial charge is 0.226 e. The molecule has 2 atom stereocenters. The highest BCUT2D eigenvalue weighted by Crippen LogP contribution is 2.42. The van der Waals surface area contributed by atoms with E-state index in [0.29, 0.717) is 25.2 Å². The number of para-hydroxylation sites is 2. The molecule has 3 N–H and O–H groups in total. The van der Waals surface area contributed by atoms with Gasteiger partial charge in [-0.3, -0.25) is 9.89 Å². The lowest BCUT2D eigenvalue weighted by Gasteiger charge is -2.41. The van der Waals surface area contributed by atoms with Crippen molar-refractivity contribution < 1.29 is 9.53 Å². The number of nitrogens with zero attached hydrogens (tertiary/aromatic N) is 6. The summed E-state index contributed by atoms with van der Waals surface area (Å²) in [6.45, 7) is 7.71. The minimum Gasteiger partial charge on any atom is -0.376 e. The molecule has 0 saturated carbocycles. The number of amides is 1. The molecule has 0 aliphatic carbocycles. The summed E-state index contributed by atoms with van der Waals surface area (Å²) < 4.78 is 5.86. The molecule has 1 amide bonds. The van der Waals surface area contributed by atoms with Crippen LogP contribution in [0.5, 0.6) is 0 Å². The maximum Gasteiger partial charge on any atom is 0.226 e. The van der Waals surface area contributed by atoms with Gasteiger partial charge in [0.05, 0.1) is 30.3 Å². The number of carbonyl (C=O) groups is 1. The Kier molecular flexibility index (Phi) is 5.37. The van der Waals surface area contributed by atoms with Gasteiger partial charge >= 0.3 is 0 Å². The zero-order valence-electron chi connectivity index (χ0n) is 20.3. The molecule has 6 rings (SSSR count). The highest BCUT2D eigenvalue weighted by atomic mass is 16.5. The van der Waals surface area contributed by atoms with Gasteiger partial charge in [0.25, 0.3) is 0 Å². The quantitative estimate of drug-likeness (QED) is 0.593. The molecule has 0 unspecified atom stereocenters. The fourth-order valence-electron chi connectivity index (χ4n) is 5.81. The van der Waals surface area contributed by atoms with Crippen molar-refractivity contribution in [3.8, 4) is 0 Å². The molecule has 1 spiro atoms. The van der Waals surface area contributed by atoms with Crippen LogP contribution in [0.3, 0.4) is 0 Å². The lowest BCUT2D eigenvalue weighted by Crippen LogP contribution is -2.50. The molecule has 2 saturated heterocycles. The molecular formula is C25H32N8O2. The van der Waals surface area contributed by atoms with E-state index in [1.165, 1.54) is 0 Å². The van der Waals surface area contributed by atoms with Crippen LogP contribution in [0.25, 0.3) is 11.2 Å². The Balaban J connectivity index is 1.25. The van der Waals surface area contributed by atoms with E-state index >= 15 is 0 Å². The Morgan fingerprint density at radius 1 is 1.20 bits per heavy atom. The van der Waals surface area contributed by atoms with Gasteiger partial charge in [0, 0.05) is 44.1 Å². The molecular weight excluding hydrogens is 444 g/mol. The molecule has 2 fully saturated rings. The van der Waals surface area contributed by atoms with Crippen molar-refractivity contribution in [3.63, 3.8) is 0 Å². The minimum atomic E-state index is 0.0727. The molecule has 10 nitrogen and oxygen atoms in total. The van der Waals surface area contributed by atoms with E-state index in [0.717, 1.165) is 61.1 Å². The number of nitrogens with one attached hydrogen (secondary N) is 1. The summed E-state index contributed by atoms with van der Waals surface area (Å²) in [5.41, 5.74) is 9.79. The first-order chi connectivity index (χ1) is 17.0. The van der Waals surface area contributed by atoms with Gasteiger partial charge in [0.15, 0.2) is 17.0 Å². The molecule has 5 heterocycles. The first-order valence-electron chi connectivity index (χ1n) is 12.5. The van der Waals surface area contributed by atoms with Gasteiger partial charge in [0.1, 0.15) is 5.82 Å². The van der Waals surface area contributed by atoms with E-state index in [1.807, 2.05) is 42.3 Å². The van der Waals surface area contributed by atoms with Gasteiger partial charge in [-0.05, 0) is 31.9 Å². The predicted octanol–water partition coefficient (Wildman–Crippen LogP) is 2.58. The van der Waals surface area contributed by atoms with Crippen LogP contribution >= 0.6 is 0 Å². The number of fused-ring (bicyclic) bond motifs is 2. The third kappa shape index (κ3) is 3.54. The zero-order valence-corrected chi connectivity index (χ0v) is 20.3. The van der Waals surface area contributed by atoms with Crippen LogP contribution in [0.1, 0.15) is 33.1 Å². The average molecular weight is 477 g/mol. The molecule has 0 bridgehead atoms. The van der Waals surface area contributed by atoms with E-state index in [2.05, 4.69) is 26.9 Å². The second-order valence-electron chi connectivity index (χ2n) is 9.90. The molecule has 1 aromatic carbocycles. The van der Waals surface area contributed by atoms with Crippen LogP contribution in [0.2, 0.25) is 0 Å². The minimum absolute atomic E-state index is 0.0727. The SMILES string of the molecule is CCC(=O)N1CCN(c2n[nH]c3nc(N4CCC5(CC4)CO[C@@H](C)[C@H]5N)cnc23)c2ccccc21. The Morgan fingerprint density at radius 3 is 2.69 bits per heavy atom. The second kappa shape index (κ2) is 8.46. The van der Waals surface area contributed by atoms with Crippen LogP contribution in [0.4, 0.5) is 23.0 Å². The second-order valence-corrected chi connectivity index (χ2v) is 9.90. The van der Waals surface area contributed by atoms with E-state index in [-0.39, 0.29) is 23.5 Å². The molecule has 3 aromatic rings. The number of aromatic nitrogens is 4. The maximum atomic E-state index is 12.5. The van der Waals surface area contributed by atoms with Gasteiger partial charge in [0.2, 0.25) is 5.91 Å². The summed E-state index contributed by atoms with van der Waals surface area (Å²) in [6, 6.07) is 8.04. The topological polar surface area (TPSA) is 116 Å². The zero-order chi connectivity index (χ0) is 24.2. The number of ether oxygens (including phenoxy) is 1. The van der Waals surface area contributed by atoms with Crippen molar-refractivity contribution in [2.24, 2.45) is 11.1 Å². The Labute approximate surface area is 204 Å². The summed E-state index contributed by atoms with van der Waals surface area (Å²) in [6.07, 6.45) is 4.42. The van der Waals surface area contributed by atoms with E-state index < -0.39 is 0 Å². The van der Waals surface area contributed by atoms with E-state index in [4.69, 9.17) is 20.4 Å². The number of nitrogens with two attached hydrogens (primary N) is 1. The monoisotopic (exact) mass is 476 g/mol. The summed E-state index contributed by atoms with van der Waals surface area (Å²) in [5, 5.41) is 7.68. The number of anilines is 4. The number of H-pyrrole nitrogens is 1. The first-order valence-corrected chi connectivity index (χ1v) is 12.5. The van der Waals surface area contributed by atoms with Crippen LogP contribution in [-0.4, -0.2) is 71.0 Å². The van der Waals surface area contributed by atoms with Gasteiger partial charge in [-0.15, -0.1) is 0 Å². The van der Waals surface area contributed by atoms with Crippen LogP contribution in [0, 0.1) is 5.41 Å². The number of rotatable bonds is 3. The largest absolute Gasteiger partial charge is 0.376 e. The predicted molar refractivity (Wildman–Crippen MR) is 135 cm³/mol. The fourth-order valence-corrected chi connectivity index (χ4v) is 5.81. The van der Waals surface area contributed by atoms with Gasteiger partial charge in [-0.1, -0.05) is 19.1 Å². The van der Waals surface area contributed by atoms with Crippen molar-refractivity contribution in [1.82, 2.24) is 20.2 Å². The number of hydrogen-bond donors (Lipinski definition) is 2. The number of carbonyl (C=O) groups excluding carboxylic acids is 1. The normalized spacial score (nSPS) is 23.8. The van der Waals surface area contributed by atoms with Crippen LogP contribution in [-0.2, 0) is 9.53 Å². The standard InChI is InChI=1S/C25H32N8O2/c1-3-20(34)32-12-13-33(18-7-5-4-6-17(18)32)24-21-23(29-30-24)28-19(14-27-21)31-10-8-25(9-11-31)15-35-16(2)22(25)26/h4-7,14,16,22H,3,8-13,15,26H2,1-2H3,(H,28,29,30)/t16-,22+/m0/s1. The summed E-state index contributed by atoms with van der Waals surface area (Å²) >= 11 is 0. The van der Waals surface area contributed by atoms with Crippen molar-refractivity contribution in [2.45, 2.75) is 45.3 Å². The average Bonchev–Trinajstić information content (AvgIpc) is 3.44. The summed E-state index contributed by atoms with van der Waals surface area (Å²) in [4.78, 5) is 28.4. The molecule has 10 heteroatoms. The highest BCUT2D eigenvalue weighted by molar-refractivity contribution is 6.00. The number of piperidine rings is 1. The van der Waals surface area contributed by atoms with Gasteiger partial charge in [-0.25, -0.2) is 9.97 Å². The molecule has 35 heavy (non-hydrogen) atoms. The van der Waals surface area contributed by atoms with E-state index in [9.17, 15) is 4.79 Å². The number of aromatic amines is 1.